The summed E-state index contributed by atoms with van der Waals surface area (Å²) in [5.41, 5.74) is -4.07. The lowest BCUT2D eigenvalue weighted by Crippen LogP contribution is -2.53. The van der Waals surface area contributed by atoms with E-state index in [1.165, 1.54) is 18.2 Å². The van der Waals surface area contributed by atoms with E-state index >= 15 is 0 Å². The topological polar surface area (TPSA) is 97.8 Å². The van der Waals surface area contributed by atoms with Crippen molar-refractivity contribution in [3.63, 3.8) is 0 Å². The number of alkyl halides is 8. The third kappa shape index (κ3) is 7.90. The van der Waals surface area contributed by atoms with Gasteiger partial charge in [-0.25, -0.2) is 10.9 Å². The summed E-state index contributed by atoms with van der Waals surface area (Å²) < 4.78 is 116. The van der Waals surface area contributed by atoms with Crippen LogP contribution in [0.1, 0.15) is 54.5 Å². The first-order valence-corrected chi connectivity index (χ1v) is 12.1. The van der Waals surface area contributed by atoms with Crippen LogP contribution in [0.15, 0.2) is 48.2 Å². The highest BCUT2D eigenvalue weighted by Crippen LogP contribution is 2.52. The zero-order chi connectivity index (χ0) is 29.6. The molecule has 1 atom stereocenters. The molecule has 0 radical (unpaired) electrons. The molecule has 1 aliphatic carbocycles. The maximum absolute atomic E-state index is 13.4. The normalized spacial score (nSPS) is 15.8. The molecule has 0 saturated heterocycles. The van der Waals surface area contributed by atoms with E-state index in [2.05, 4.69) is 15.6 Å². The third-order valence-electron chi connectivity index (χ3n) is 5.50. The fourth-order valence-electron chi connectivity index (χ4n) is 3.44. The van der Waals surface area contributed by atoms with E-state index in [1.54, 1.807) is 32.1 Å². The maximum atomic E-state index is 13.4. The number of benzene rings is 1. The van der Waals surface area contributed by atoms with Gasteiger partial charge in [-0.3, -0.25) is 0 Å². The van der Waals surface area contributed by atoms with E-state index in [9.17, 15) is 40.2 Å². The molecule has 1 aromatic heterocycles. The van der Waals surface area contributed by atoms with Crippen molar-refractivity contribution in [3.05, 3.63) is 63.6 Å². The van der Waals surface area contributed by atoms with Gasteiger partial charge in [0.25, 0.3) is 0 Å². The molecule has 218 valence electrons. The third-order valence-corrected chi connectivity index (χ3v) is 6.72. The zero-order valence-electron chi connectivity index (χ0n) is 20.6. The zero-order valence-corrected chi connectivity index (χ0v) is 21.4. The molecule has 1 fully saturated rings. The van der Waals surface area contributed by atoms with Gasteiger partial charge in [-0.15, -0.1) is 11.3 Å². The molecular weight excluding hydrogens is 564 g/mol. The highest BCUT2D eigenvalue weighted by molar-refractivity contribution is 7.11. The van der Waals surface area contributed by atoms with Crippen LogP contribution in [-0.4, -0.2) is 40.4 Å². The summed E-state index contributed by atoms with van der Waals surface area (Å²) >= 11 is 0.0709. The van der Waals surface area contributed by atoms with Crippen molar-refractivity contribution in [3.8, 4) is 11.5 Å². The number of nitrogens with zero attached hydrogens (tertiary/aromatic N) is 1. The number of hydrogen-bond acceptors (Lipinski definition) is 7. The Morgan fingerprint density at radius 1 is 1.13 bits per heavy atom. The molecule has 39 heavy (non-hydrogen) atoms. The van der Waals surface area contributed by atoms with Gasteiger partial charge in [0.1, 0.15) is 5.01 Å². The molecule has 0 amide bonds. The molecular formula is C24H26F8N2O4S. The van der Waals surface area contributed by atoms with E-state index in [-0.39, 0.29) is 40.2 Å². The molecule has 3 rings (SSSR count). The fourth-order valence-corrected chi connectivity index (χ4v) is 4.62. The Balaban J connectivity index is 0.00000260. The second kappa shape index (κ2) is 13.1. The van der Waals surface area contributed by atoms with Gasteiger partial charge < -0.3 is 19.8 Å². The molecule has 1 saturated carbocycles. The number of ether oxygens (including phenoxy) is 2. The molecule has 2 aromatic rings. The first kappa shape index (κ1) is 32.5. The van der Waals surface area contributed by atoms with Crippen molar-refractivity contribution in [2.75, 3.05) is 0 Å². The number of halogens is 8. The fraction of sp³-hybridized carbons (Fsp3) is 0.458. The monoisotopic (exact) mass is 590 g/mol. The Morgan fingerprint density at radius 3 is 2.26 bits per heavy atom. The van der Waals surface area contributed by atoms with Crippen LogP contribution < -0.4 is 15.4 Å². The lowest BCUT2D eigenvalue weighted by atomic mass is 9.91. The van der Waals surface area contributed by atoms with Crippen LogP contribution in [0.2, 0.25) is 0 Å². The second-order valence-electron chi connectivity index (χ2n) is 8.47. The number of rotatable bonds is 10. The minimum Gasteiger partial charge on any atom is -0.487 e. The SMILES string of the molecule is C/C=C\C=C(/C)CC(c1ccc(OC(F)F)c(OC2CC2)c1)c1cnc(C(O)(C(F)(F)F)C(F)(F)F)s1.NO. The summed E-state index contributed by atoms with van der Waals surface area (Å²) in [5, 5.41) is 14.7. The molecule has 0 bridgehead atoms. The maximum Gasteiger partial charge on any atom is 0.433 e. The van der Waals surface area contributed by atoms with Crippen LogP contribution in [-0.2, 0) is 5.60 Å². The largest absolute Gasteiger partial charge is 0.487 e. The molecule has 1 unspecified atom stereocenters. The molecule has 1 aromatic carbocycles. The Kier molecular flexibility index (Phi) is 10.9. The minimum atomic E-state index is -6.07. The van der Waals surface area contributed by atoms with Crippen LogP contribution in [0.25, 0.3) is 0 Å². The Bertz CT molecular complexity index is 1130. The van der Waals surface area contributed by atoms with Crippen LogP contribution in [0.5, 0.6) is 11.5 Å². The van der Waals surface area contributed by atoms with Crippen LogP contribution in [0.4, 0.5) is 35.1 Å². The summed E-state index contributed by atoms with van der Waals surface area (Å²) in [7, 11) is 0. The quantitative estimate of drug-likeness (QED) is 0.157. The van der Waals surface area contributed by atoms with E-state index < -0.39 is 35.5 Å². The van der Waals surface area contributed by atoms with Gasteiger partial charge in [-0.2, -0.15) is 35.1 Å². The Hall–Kier alpha value is -2.75. The molecule has 0 aliphatic heterocycles. The Labute approximate surface area is 222 Å². The highest BCUT2D eigenvalue weighted by Gasteiger charge is 2.73. The summed E-state index contributed by atoms with van der Waals surface area (Å²) in [6, 6.07) is 3.97. The van der Waals surface area contributed by atoms with E-state index in [0.717, 1.165) is 11.8 Å². The van der Waals surface area contributed by atoms with Crippen molar-refractivity contribution in [2.45, 2.75) is 69.7 Å². The predicted octanol–water partition coefficient (Wildman–Crippen LogP) is 6.98. The molecule has 4 N–H and O–H groups in total. The number of nitrogens with two attached hydrogens (primary N) is 1. The first-order valence-electron chi connectivity index (χ1n) is 11.3. The van der Waals surface area contributed by atoms with Gasteiger partial charge in [0.05, 0.1) is 6.10 Å². The molecule has 0 spiro atoms. The van der Waals surface area contributed by atoms with Crippen molar-refractivity contribution < 1.29 is 54.9 Å². The minimum absolute atomic E-state index is 0.00458. The van der Waals surface area contributed by atoms with Crippen molar-refractivity contribution in [1.82, 2.24) is 4.98 Å². The average molecular weight is 591 g/mol. The first-order chi connectivity index (χ1) is 18.2. The number of hydrogen-bond donors (Lipinski definition) is 3. The molecule has 6 nitrogen and oxygen atoms in total. The average Bonchev–Trinajstić information content (AvgIpc) is 3.53. The smallest absolute Gasteiger partial charge is 0.433 e. The predicted molar refractivity (Wildman–Crippen MR) is 126 cm³/mol. The van der Waals surface area contributed by atoms with Gasteiger partial charge in [0.15, 0.2) is 11.5 Å². The van der Waals surface area contributed by atoms with Gasteiger partial charge in [0, 0.05) is 17.0 Å². The van der Waals surface area contributed by atoms with Crippen LogP contribution in [0, 0.1) is 0 Å². The van der Waals surface area contributed by atoms with E-state index in [4.69, 9.17) is 9.94 Å². The van der Waals surface area contributed by atoms with Crippen molar-refractivity contribution in [1.29, 1.82) is 0 Å². The molecule has 15 heteroatoms. The summed E-state index contributed by atoms with van der Waals surface area (Å²) in [4.78, 5) is 3.31. The van der Waals surface area contributed by atoms with Crippen molar-refractivity contribution >= 4 is 11.3 Å². The lowest BCUT2D eigenvalue weighted by molar-refractivity contribution is -0.376. The number of allylic oxidation sites excluding steroid dienone is 4. The number of aliphatic hydroxyl groups is 1. The second-order valence-corrected chi connectivity index (χ2v) is 9.53. The summed E-state index contributed by atoms with van der Waals surface area (Å²) in [5.74, 6) is 2.40. The van der Waals surface area contributed by atoms with Gasteiger partial charge >= 0.3 is 24.6 Å². The van der Waals surface area contributed by atoms with E-state index in [1.807, 2.05) is 0 Å². The lowest BCUT2D eigenvalue weighted by Gasteiger charge is -2.30. The highest BCUT2D eigenvalue weighted by atomic mass is 32.1. The molecule has 1 aliphatic rings. The molecule has 1 heterocycles. The van der Waals surface area contributed by atoms with E-state index in [0.29, 0.717) is 18.4 Å². The standard InChI is InChI=1S/C24H23F8NO3S.H3NO/c1-3-4-5-13(2)10-16(14-6-9-17(36-21(25)26)18(11-14)35-15-7-8-15)19-12-33-20(37-19)22(34,23(27,28)29)24(30,31)32;1-2/h3-6,9,11-12,15-16,21,34H,7-8,10H2,1-2H3;2H,1H2/b4-3-,13-5+;. The van der Waals surface area contributed by atoms with Gasteiger partial charge in [-0.1, -0.05) is 29.9 Å². The summed E-state index contributed by atoms with van der Waals surface area (Å²) in [6.07, 6.45) is -4.83. The van der Waals surface area contributed by atoms with Gasteiger partial charge in [-0.05, 0) is 50.8 Å². The van der Waals surface area contributed by atoms with Crippen LogP contribution in [0.3, 0.4) is 0 Å². The van der Waals surface area contributed by atoms with Crippen LogP contribution >= 0.6 is 11.3 Å². The number of aromatic nitrogens is 1. The summed E-state index contributed by atoms with van der Waals surface area (Å²) in [6.45, 7) is 0.336. The van der Waals surface area contributed by atoms with Crippen molar-refractivity contribution in [2.24, 2.45) is 5.90 Å². The Morgan fingerprint density at radius 2 is 1.74 bits per heavy atom. The number of thiazole rings is 1. The van der Waals surface area contributed by atoms with Gasteiger partial charge in [0.2, 0.25) is 0 Å².